The molecule has 0 atom stereocenters. The quantitative estimate of drug-likeness (QED) is 0.330. The summed E-state index contributed by atoms with van der Waals surface area (Å²) in [6.07, 6.45) is -8.04. The Kier molecular flexibility index (Phi) is 6.71. The average Bonchev–Trinajstić information content (AvgIpc) is 3.47. The zero-order valence-electron chi connectivity index (χ0n) is 20.0. The number of thiophene rings is 1. The van der Waals surface area contributed by atoms with Crippen LogP contribution in [-0.4, -0.2) is 36.4 Å². The number of halogens is 6. The average molecular weight is 559 g/mol. The number of fused-ring (bicyclic) bond motifs is 1. The molecular formula is C22H19F6N7O2S. The number of rotatable bonds is 6. The molecule has 0 fully saturated rings. The number of amides is 2. The number of aryl methyl sites for hydroxylation is 3. The second-order valence-electron chi connectivity index (χ2n) is 8.26. The molecule has 202 valence electrons. The number of nitrogens with two attached hydrogens (primary N) is 1. The van der Waals surface area contributed by atoms with Gasteiger partial charge >= 0.3 is 12.4 Å². The van der Waals surface area contributed by atoms with Crippen LogP contribution in [-0.2, 0) is 30.2 Å². The maximum absolute atomic E-state index is 13.7. The number of primary amides is 1. The van der Waals surface area contributed by atoms with Crippen molar-refractivity contribution in [2.45, 2.75) is 46.2 Å². The van der Waals surface area contributed by atoms with Gasteiger partial charge in [0.05, 0.1) is 11.4 Å². The first kappa shape index (κ1) is 27.1. The lowest BCUT2D eigenvalue weighted by atomic mass is 10.0. The summed E-state index contributed by atoms with van der Waals surface area (Å²) in [6.45, 7) is 4.43. The van der Waals surface area contributed by atoms with Crippen molar-refractivity contribution in [3.8, 4) is 11.1 Å². The summed E-state index contributed by atoms with van der Waals surface area (Å²) in [5.74, 6) is -1.93. The molecule has 2 amide bonds. The largest absolute Gasteiger partial charge is 0.435 e. The van der Waals surface area contributed by atoms with E-state index in [-0.39, 0.29) is 32.0 Å². The Labute approximate surface area is 214 Å². The van der Waals surface area contributed by atoms with Gasteiger partial charge in [-0.2, -0.15) is 36.5 Å². The van der Waals surface area contributed by atoms with Crippen molar-refractivity contribution in [1.82, 2.24) is 24.5 Å². The Balaban J connectivity index is 1.87. The number of nitrogens with one attached hydrogen (secondary N) is 1. The lowest BCUT2D eigenvalue weighted by molar-refractivity contribution is -0.142. The fraction of sp³-hybridized carbons (Fsp3) is 0.318. The Morgan fingerprint density at radius 3 is 2.21 bits per heavy atom. The zero-order chi connectivity index (χ0) is 28.2. The van der Waals surface area contributed by atoms with Crippen LogP contribution in [0.3, 0.4) is 0 Å². The maximum atomic E-state index is 13.7. The summed E-state index contributed by atoms with van der Waals surface area (Å²) in [5.41, 5.74) is 3.54. The third-order valence-electron chi connectivity index (χ3n) is 5.57. The van der Waals surface area contributed by atoms with Crippen LogP contribution in [0, 0.1) is 13.8 Å². The summed E-state index contributed by atoms with van der Waals surface area (Å²) in [5, 5.41) is 10.1. The number of pyridine rings is 1. The number of carbonyl (C=O) groups is 2. The van der Waals surface area contributed by atoms with Crippen LogP contribution in [0.5, 0.6) is 0 Å². The molecule has 9 nitrogen and oxygen atoms in total. The van der Waals surface area contributed by atoms with Gasteiger partial charge in [-0.15, -0.1) is 11.3 Å². The molecule has 3 N–H and O–H groups in total. The van der Waals surface area contributed by atoms with Gasteiger partial charge in [-0.05, 0) is 38.5 Å². The Bertz CT molecular complexity index is 1560. The second kappa shape index (κ2) is 9.41. The third-order valence-corrected chi connectivity index (χ3v) is 6.66. The van der Waals surface area contributed by atoms with E-state index >= 15 is 0 Å². The molecule has 4 aromatic heterocycles. The Morgan fingerprint density at radius 1 is 1.03 bits per heavy atom. The summed E-state index contributed by atoms with van der Waals surface area (Å²) in [4.78, 5) is 28.2. The van der Waals surface area contributed by atoms with Gasteiger partial charge in [-0.3, -0.25) is 19.0 Å². The molecule has 0 spiro atoms. The molecular weight excluding hydrogens is 540 g/mol. The highest BCUT2D eigenvalue weighted by molar-refractivity contribution is 7.21. The van der Waals surface area contributed by atoms with Crippen molar-refractivity contribution in [2.75, 3.05) is 5.32 Å². The smallest absolute Gasteiger partial charge is 0.365 e. The van der Waals surface area contributed by atoms with E-state index < -0.39 is 42.1 Å². The van der Waals surface area contributed by atoms with E-state index in [2.05, 4.69) is 20.5 Å². The van der Waals surface area contributed by atoms with E-state index in [0.717, 1.165) is 16.8 Å². The van der Waals surface area contributed by atoms with E-state index in [4.69, 9.17) is 5.73 Å². The highest BCUT2D eigenvalue weighted by Gasteiger charge is 2.36. The fourth-order valence-electron chi connectivity index (χ4n) is 3.82. The first-order valence-corrected chi connectivity index (χ1v) is 11.7. The number of carbonyl (C=O) groups excluding carboxylic acids is 2. The number of aromatic nitrogens is 5. The van der Waals surface area contributed by atoms with Crippen molar-refractivity contribution < 1.29 is 35.9 Å². The maximum Gasteiger partial charge on any atom is 0.435 e. The standard InChI is InChI=1S/C22H19F6N7O2S/c1-4-34-7-12(10(3)32-34)11-6-13(21(23,24)25)30-20-16(11)17(18(38-20)19(29)37)31-15(36)8-35-9(2)5-14(33-35)22(26,27)28/h5-7H,4,8H2,1-3H3,(H2,29,37)(H,31,36). The molecule has 0 aliphatic heterocycles. The van der Waals surface area contributed by atoms with Gasteiger partial charge in [0.15, 0.2) is 5.69 Å². The molecule has 0 saturated heterocycles. The molecule has 4 heterocycles. The van der Waals surface area contributed by atoms with Gasteiger partial charge in [0.25, 0.3) is 5.91 Å². The Morgan fingerprint density at radius 2 is 1.68 bits per heavy atom. The third kappa shape index (κ3) is 5.07. The molecule has 16 heteroatoms. The van der Waals surface area contributed by atoms with Gasteiger partial charge in [0, 0.05) is 29.4 Å². The van der Waals surface area contributed by atoms with Crippen molar-refractivity contribution >= 4 is 39.1 Å². The van der Waals surface area contributed by atoms with Crippen molar-refractivity contribution in [2.24, 2.45) is 5.73 Å². The topological polar surface area (TPSA) is 121 Å². The predicted molar refractivity (Wildman–Crippen MR) is 125 cm³/mol. The number of alkyl halides is 6. The van der Waals surface area contributed by atoms with Crippen molar-refractivity contribution in [1.29, 1.82) is 0 Å². The predicted octanol–water partition coefficient (Wildman–Crippen LogP) is 4.77. The van der Waals surface area contributed by atoms with Crippen LogP contribution in [0.4, 0.5) is 32.0 Å². The first-order valence-electron chi connectivity index (χ1n) is 10.9. The molecule has 4 rings (SSSR count). The number of hydrogen-bond donors (Lipinski definition) is 2. The molecule has 0 radical (unpaired) electrons. The molecule has 0 aliphatic carbocycles. The molecule has 0 unspecified atom stereocenters. The minimum Gasteiger partial charge on any atom is -0.365 e. The van der Waals surface area contributed by atoms with Crippen LogP contribution >= 0.6 is 11.3 Å². The van der Waals surface area contributed by atoms with Gasteiger partial charge in [-0.1, -0.05) is 0 Å². The van der Waals surface area contributed by atoms with E-state index in [1.54, 1.807) is 13.8 Å². The van der Waals surface area contributed by atoms with E-state index in [1.165, 1.54) is 17.8 Å². The SMILES string of the molecule is CCn1cc(-c2cc(C(F)(F)F)nc3sc(C(N)=O)c(NC(=O)Cn4nc(C(F)(F)F)cc4C)c23)c(C)n1. The van der Waals surface area contributed by atoms with Crippen LogP contribution in [0.15, 0.2) is 18.3 Å². The fourth-order valence-corrected chi connectivity index (χ4v) is 4.82. The van der Waals surface area contributed by atoms with Crippen LogP contribution in [0.1, 0.15) is 39.4 Å². The highest BCUT2D eigenvalue weighted by atomic mass is 32.1. The lowest BCUT2D eigenvalue weighted by Crippen LogP contribution is -2.22. The molecule has 0 saturated carbocycles. The number of anilines is 1. The summed E-state index contributed by atoms with van der Waals surface area (Å²) in [6, 6.07) is 1.55. The summed E-state index contributed by atoms with van der Waals surface area (Å²) in [7, 11) is 0. The van der Waals surface area contributed by atoms with Gasteiger partial charge in [0.1, 0.15) is 21.9 Å². The van der Waals surface area contributed by atoms with E-state index in [1.807, 2.05) is 0 Å². The van der Waals surface area contributed by atoms with Crippen LogP contribution in [0.2, 0.25) is 0 Å². The van der Waals surface area contributed by atoms with E-state index in [9.17, 15) is 35.9 Å². The monoisotopic (exact) mass is 559 g/mol. The van der Waals surface area contributed by atoms with Gasteiger partial charge < -0.3 is 11.1 Å². The zero-order valence-corrected chi connectivity index (χ0v) is 20.8. The van der Waals surface area contributed by atoms with E-state index in [0.29, 0.717) is 29.1 Å². The van der Waals surface area contributed by atoms with Gasteiger partial charge in [0.2, 0.25) is 5.91 Å². The number of hydrogen-bond acceptors (Lipinski definition) is 6. The van der Waals surface area contributed by atoms with Gasteiger partial charge in [-0.25, -0.2) is 4.98 Å². The lowest BCUT2D eigenvalue weighted by Gasteiger charge is -2.12. The minimum atomic E-state index is -4.83. The summed E-state index contributed by atoms with van der Waals surface area (Å²) < 4.78 is 82.4. The van der Waals surface area contributed by atoms with Crippen LogP contribution < -0.4 is 11.1 Å². The molecule has 4 aromatic rings. The molecule has 0 aromatic carbocycles. The number of nitrogens with zero attached hydrogens (tertiary/aromatic N) is 5. The second-order valence-corrected chi connectivity index (χ2v) is 9.26. The minimum absolute atomic E-state index is 0.00629. The highest BCUT2D eigenvalue weighted by Crippen LogP contribution is 2.44. The summed E-state index contributed by atoms with van der Waals surface area (Å²) >= 11 is 0.550. The molecule has 0 bridgehead atoms. The first-order chi connectivity index (χ1) is 17.6. The Hall–Kier alpha value is -3.95. The van der Waals surface area contributed by atoms with Crippen LogP contribution in [0.25, 0.3) is 21.3 Å². The van der Waals surface area contributed by atoms with Crippen molar-refractivity contribution in [3.63, 3.8) is 0 Å². The molecule has 0 aliphatic rings. The van der Waals surface area contributed by atoms with Crippen molar-refractivity contribution in [3.05, 3.63) is 46.0 Å². The molecule has 38 heavy (non-hydrogen) atoms. The normalized spacial score (nSPS) is 12.3.